The van der Waals surface area contributed by atoms with E-state index in [1.54, 1.807) is 30.2 Å². The van der Waals surface area contributed by atoms with Gasteiger partial charge in [0.25, 0.3) is 5.91 Å². The Morgan fingerprint density at radius 1 is 0.933 bits per heavy atom. The highest BCUT2D eigenvalue weighted by atomic mass is 35.5. The molecule has 1 aromatic heterocycles. The number of methoxy groups -OCH3 is 1. The molecule has 0 bridgehead atoms. The van der Waals surface area contributed by atoms with Crippen molar-refractivity contribution in [3.05, 3.63) is 70.2 Å². The number of piperazine rings is 1. The molecule has 0 N–H and O–H groups in total. The summed E-state index contributed by atoms with van der Waals surface area (Å²) in [6.45, 7) is 2.51. The molecule has 2 aromatic carbocycles. The zero-order valence-corrected chi connectivity index (χ0v) is 17.9. The van der Waals surface area contributed by atoms with Gasteiger partial charge in [-0.05, 0) is 54.6 Å². The summed E-state index contributed by atoms with van der Waals surface area (Å²) in [6, 6.07) is 16.5. The number of rotatable bonds is 4. The molecule has 1 amide bonds. The molecule has 1 fully saturated rings. The molecule has 8 heteroatoms. The van der Waals surface area contributed by atoms with Gasteiger partial charge in [-0.2, -0.15) is 0 Å². The summed E-state index contributed by atoms with van der Waals surface area (Å²) in [6.07, 6.45) is 0. The predicted molar refractivity (Wildman–Crippen MR) is 119 cm³/mol. The van der Waals surface area contributed by atoms with Crippen molar-refractivity contribution in [2.45, 2.75) is 0 Å². The van der Waals surface area contributed by atoms with Crippen molar-refractivity contribution in [2.24, 2.45) is 0 Å². The van der Waals surface area contributed by atoms with Crippen LogP contribution < -0.4 is 9.64 Å². The lowest BCUT2D eigenvalue weighted by molar-refractivity contribution is 0.0746. The summed E-state index contributed by atoms with van der Waals surface area (Å²) in [4.78, 5) is 16.7. The third kappa shape index (κ3) is 4.35. The van der Waals surface area contributed by atoms with Crippen molar-refractivity contribution in [3.8, 4) is 17.0 Å². The van der Waals surface area contributed by atoms with Crippen LogP contribution in [0.5, 0.6) is 5.75 Å². The van der Waals surface area contributed by atoms with E-state index in [0.29, 0.717) is 41.8 Å². The van der Waals surface area contributed by atoms with E-state index in [2.05, 4.69) is 15.1 Å². The van der Waals surface area contributed by atoms with Gasteiger partial charge in [-0.25, -0.2) is 0 Å². The molecule has 1 aliphatic rings. The van der Waals surface area contributed by atoms with Crippen LogP contribution in [-0.4, -0.2) is 54.3 Å². The number of anilines is 1. The zero-order chi connectivity index (χ0) is 21.1. The number of carbonyl (C=O) groups is 1. The molecule has 0 atom stereocenters. The van der Waals surface area contributed by atoms with E-state index in [1.807, 2.05) is 36.4 Å². The van der Waals surface area contributed by atoms with Gasteiger partial charge in [0.15, 0.2) is 5.82 Å². The number of hydrogen-bond acceptors (Lipinski definition) is 5. The molecular weight excluding hydrogens is 423 g/mol. The van der Waals surface area contributed by atoms with Gasteiger partial charge in [-0.1, -0.05) is 23.2 Å². The Bertz CT molecular complexity index is 1030. The second-order valence-corrected chi connectivity index (χ2v) is 7.75. The van der Waals surface area contributed by atoms with Crippen LogP contribution in [-0.2, 0) is 0 Å². The standard InChI is InChI=1S/C22H20Cl2N4O2/c1-30-17-5-2-15(3-6-17)20-8-9-21(26-25-20)27-10-12-28(13-11-27)22(29)18-7-4-16(23)14-19(18)24/h2-9,14H,10-13H2,1H3. The average molecular weight is 443 g/mol. The van der Waals surface area contributed by atoms with Gasteiger partial charge in [0.1, 0.15) is 5.75 Å². The molecule has 1 saturated heterocycles. The highest BCUT2D eigenvalue weighted by molar-refractivity contribution is 6.36. The number of carbonyl (C=O) groups excluding carboxylic acids is 1. The van der Waals surface area contributed by atoms with Crippen molar-refractivity contribution < 1.29 is 9.53 Å². The number of nitrogens with zero attached hydrogens (tertiary/aromatic N) is 4. The lowest BCUT2D eigenvalue weighted by Crippen LogP contribution is -2.49. The van der Waals surface area contributed by atoms with Gasteiger partial charge in [0, 0.05) is 36.8 Å². The van der Waals surface area contributed by atoms with Gasteiger partial charge in [0.2, 0.25) is 0 Å². The van der Waals surface area contributed by atoms with Crippen LogP contribution >= 0.6 is 23.2 Å². The molecule has 0 aliphatic carbocycles. The topological polar surface area (TPSA) is 58.6 Å². The highest BCUT2D eigenvalue weighted by Crippen LogP contribution is 2.24. The quantitative estimate of drug-likeness (QED) is 0.598. The van der Waals surface area contributed by atoms with Crippen LogP contribution in [0.4, 0.5) is 5.82 Å². The van der Waals surface area contributed by atoms with Gasteiger partial charge in [0.05, 0.1) is 23.4 Å². The fraction of sp³-hybridized carbons (Fsp3) is 0.227. The van der Waals surface area contributed by atoms with Crippen molar-refractivity contribution in [1.82, 2.24) is 15.1 Å². The number of halogens is 2. The van der Waals surface area contributed by atoms with Crippen LogP contribution in [0.2, 0.25) is 10.0 Å². The Kier molecular flexibility index (Phi) is 6.06. The normalized spacial score (nSPS) is 14.0. The Morgan fingerprint density at radius 3 is 2.27 bits per heavy atom. The molecule has 0 unspecified atom stereocenters. The third-order valence-corrected chi connectivity index (χ3v) is 5.64. The van der Waals surface area contributed by atoms with Gasteiger partial charge >= 0.3 is 0 Å². The first-order valence-corrected chi connectivity index (χ1v) is 10.3. The van der Waals surface area contributed by atoms with E-state index in [4.69, 9.17) is 27.9 Å². The third-order valence-electron chi connectivity index (χ3n) is 5.09. The van der Waals surface area contributed by atoms with Crippen LogP contribution in [0.3, 0.4) is 0 Å². The minimum absolute atomic E-state index is 0.0859. The van der Waals surface area contributed by atoms with Gasteiger partial charge in [-0.3, -0.25) is 4.79 Å². The number of hydrogen-bond donors (Lipinski definition) is 0. The molecule has 0 saturated carbocycles. The summed E-state index contributed by atoms with van der Waals surface area (Å²) < 4.78 is 5.19. The largest absolute Gasteiger partial charge is 0.497 e. The first-order valence-electron chi connectivity index (χ1n) is 9.52. The summed E-state index contributed by atoms with van der Waals surface area (Å²) >= 11 is 12.1. The van der Waals surface area contributed by atoms with E-state index in [-0.39, 0.29) is 5.91 Å². The molecule has 0 spiro atoms. The summed E-state index contributed by atoms with van der Waals surface area (Å²) in [5, 5.41) is 9.62. The second kappa shape index (κ2) is 8.90. The summed E-state index contributed by atoms with van der Waals surface area (Å²) in [5.41, 5.74) is 2.25. The first kappa shape index (κ1) is 20.4. The van der Waals surface area contributed by atoms with Crippen molar-refractivity contribution in [2.75, 3.05) is 38.2 Å². The van der Waals surface area contributed by atoms with Gasteiger partial charge < -0.3 is 14.5 Å². The van der Waals surface area contributed by atoms with E-state index in [1.165, 1.54) is 0 Å². The Labute approximate surface area is 185 Å². The van der Waals surface area contributed by atoms with Crippen molar-refractivity contribution >= 4 is 34.9 Å². The minimum Gasteiger partial charge on any atom is -0.497 e. The van der Waals surface area contributed by atoms with Crippen LogP contribution in [0.1, 0.15) is 10.4 Å². The molecule has 0 radical (unpaired) electrons. The molecular formula is C22H20Cl2N4O2. The Hall–Kier alpha value is -2.83. The first-order chi connectivity index (χ1) is 14.5. The second-order valence-electron chi connectivity index (χ2n) is 6.91. The maximum atomic E-state index is 12.8. The molecule has 2 heterocycles. The van der Waals surface area contributed by atoms with Crippen molar-refractivity contribution in [3.63, 3.8) is 0 Å². The number of aromatic nitrogens is 2. The molecule has 6 nitrogen and oxygen atoms in total. The summed E-state index contributed by atoms with van der Waals surface area (Å²) in [7, 11) is 1.64. The van der Waals surface area contributed by atoms with Gasteiger partial charge in [-0.15, -0.1) is 10.2 Å². The fourth-order valence-corrected chi connectivity index (χ4v) is 3.87. The number of benzene rings is 2. The van der Waals surface area contributed by atoms with E-state index >= 15 is 0 Å². The van der Waals surface area contributed by atoms with E-state index in [0.717, 1.165) is 22.8 Å². The molecule has 4 rings (SSSR count). The van der Waals surface area contributed by atoms with Crippen LogP contribution in [0.15, 0.2) is 54.6 Å². The number of amides is 1. The molecule has 30 heavy (non-hydrogen) atoms. The fourth-order valence-electron chi connectivity index (χ4n) is 3.38. The maximum Gasteiger partial charge on any atom is 0.255 e. The lowest BCUT2D eigenvalue weighted by atomic mass is 10.1. The minimum atomic E-state index is -0.0859. The highest BCUT2D eigenvalue weighted by Gasteiger charge is 2.24. The summed E-state index contributed by atoms with van der Waals surface area (Å²) in [5.74, 6) is 1.51. The smallest absolute Gasteiger partial charge is 0.255 e. The lowest BCUT2D eigenvalue weighted by Gasteiger charge is -2.35. The molecule has 3 aromatic rings. The number of ether oxygens (including phenoxy) is 1. The molecule has 154 valence electrons. The SMILES string of the molecule is COc1ccc(-c2ccc(N3CCN(C(=O)c4ccc(Cl)cc4Cl)CC3)nn2)cc1. The zero-order valence-electron chi connectivity index (χ0n) is 16.4. The van der Waals surface area contributed by atoms with E-state index in [9.17, 15) is 4.79 Å². The molecule has 1 aliphatic heterocycles. The van der Waals surface area contributed by atoms with E-state index < -0.39 is 0 Å². The maximum absolute atomic E-state index is 12.8. The monoisotopic (exact) mass is 442 g/mol. The van der Waals surface area contributed by atoms with Crippen molar-refractivity contribution in [1.29, 1.82) is 0 Å². The Morgan fingerprint density at radius 2 is 1.67 bits per heavy atom. The van der Waals surface area contributed by atoms with Crippen LogP contribution in [0, 0.1) is 0 Å². The van der Waals surface area contributed by atoms with Crippen LogP contribution in [0.25, 0.3) is 11.3 Å². The average Bonchev–Trinajstić information content (AvgIpc) is 2.79. The Balaban J connectivity index is 1.39. The predicted octanol–water partition coefficient (Wildman–Crippen LogP) is 4.42.